The van der Waals surface area contributed by atoms with Crippen molar-refractivity contribution in [3.8, 4) is 0 Å². The first-order valence-corrected chi connectivity index (χ1v) is 6.91. The lowest BCUT2D eigenvalue weighted by Crippen LogP contribution is -2.16. The van der Waals surface area contributed by atoms with Gasteiger partial charge in [0.2, 0.25) is 0 Å². The average molecular weight is 233 g/mol. The lowest BCUT2D eigenvalue weighted by molar-refractivity contribution is 0.122. The summed E-state index contributed by atoms with van der Waals surface area (Å²) in [6.07, 6.45) is 13.2. The van der Waals surface area contributed by atoms with Gasteiger partial charge in [-0.3, -0.25) is 4.98 Å². The van der Waals surface area contributed by atoms with E-state index in [0.29, 0.717) is 0 Å². The first-order chi connectivity index (χ1) is 8.34. The second-order valence-corrected chi connectivity index (χ2v) is 5.29. The van der Waals surface area contributed by atoms with E-state index in [2.05, 4.69) is 4.98 Å². The zero-order valence-corrected chi connectivity index (χ0v) is 10.5. The van der Waals surface area contributed by atoms with E-state index in [1.54, 1.807) is 0 Å². The summed E-state index contributed by atoms with van der Waals surface area (Å²) in [5.41, 5.74) is 1.28. The van der Waals surface area contributed by atoms with Gasteiger partial charge in [-0.15, -0.1) is 0 Å². The molecule has 0 saturated heterocycles. The molecule has 1 aliphatic rings. The molecule has 0 spiro atoms. The Morgan fingerprint density at radius 1 is 1.18 bits per heavy atom. The van der Waals surface area contributed by atoms with Crippen molar-refractivity contribution >= 4 is 0 Å². The Balaban J connectivity index is 1.68. The van der Waals surface area contributed by atoms with Gasteiger partial charge in [-0.25, -0.2) is 0 Å². The van der Waals surface area contributed by atoms with Gasteiger partial charge < -0.3 is 5.11 Å². The minimum absolute atomic E-state index is 0.119. The molecule has 0 radical (unpaired) electrons. The van der Waals surface area contributed by atoms with E-state index in [4.69, 9.17) is 0 Å². The minimum Gasteiger partial charge on any atom is -0.393 e. The predicted molar refractivity (Wildman–Crippen MR) is 69.8 cm³/mol. The Hall–Kier alpha value is -0.890. The summed E-state index contributed by atoms with van der Waals surface area (Å²) in [5, 5.41) is 10.0. The van der Waals surface area contributed by atoms with Gasteiger partial charge >= 0.3 is 0 Å². The van der Waals surface area contributed by atoms with Gasteiger partial charge in [-0.2, -0.15) is 0 Å². The molecule has 1 N–H and O–H groups in total. The monoisotopic (exact) mass is 233 g/mol. The van der Waals surface area contributed by atoms with Crippen LogP contribution < -0.4 is 0 Å². The van der Waals surface area contributed by atoms with Crippen molar-refractivity contribution in [1.82, 2.24) is 4.98 Å². The highest BCUT2D eigenvalue weighted by molar-refractivity contribution is 5.09. The summed E-state index contributed by atoms with van der Waals surface area (Å²) >= 11 is 0. The van der Waals surface area contributed by atoms with Crippen LogP contribution in [0.1, 0.15) is 50.5 Å². The molecule has 1 aromatic heterocycles. The van der Waals surface area contributed by atoms with E-state index < -0.39 is 0 Å². The van der Waals surface area contributed by atoms with E-state index in [1.165, 1.54) is 37.7 Å². The largest absolute Gasteiger partial charge is 0.393 e. The van der Waals surface area contributed by atoms with Gasteiger partial charge in [-0.05, 0) is 42.9 Å². The van der Waals surface area contributed by atoms with E-state index in [9.17, 15) is 5.11 Å². The zero-order chi connectivity index (χ0) is 11.9. The number of hydrogen-bond acceptors (Lipinski definition) is 2. The van der Waals surface area contributed by atoms with Gasteiger partial charge in [0.25, 0.3) is 0 Å². The second kappa shape index (κ2) is 6.75. The third-order valence-electron chi connectivity index (χ3n) is 3.85. The summed E-state index contributed by atoms with van der Waals surface area (Å²) < 4.78 is 0. The first kappa shape index (κ1) is 12.6. The highest BCUT2D eigenvalue weighted by atomic mass is 16.3. The van der Waals surface area contributed by atoms with Crippen LogP contribution in [0.3, 0.4) is 0 Å². The Kier molecular flexibility index (Phi) is 4.99. The summed E-state index contributed by atoms with van der Waals surface area (Å²) in [7, 11) is 0. The molecule has 2 nitrogen and oxygen atoms in total. The molecular weight excluding hydrogens is 210 g/mol. The van der Waals surface area contributed by atoms with Crippen LogP contribution in [-0.4, -0.2) is 16.2 Å². The molecule has 17 heavy (non-hydrogen) atoms. The van der Waals surface area contributed by atoms with Crippen LogP contribution in [-0.2, 0) is 6.42 Å². The van der Waals surface area contributed by atoms with Crippen molar-refractivity contribution < 1.29 is 5.11 Å². The topological polar surface area (TPSA) is 33.1 Å². The molecule has 1 saturated carbocycles. The van der Waals surface area contributed by atoms with E-state index in [0.717, 1.165) is 25.2 Å². The Morgan fingerprint density at radius 2 is 1.88 bits per heavy atom. The maximum absolute atomic E-state index is 10.0. The number of pyridine rings is 1. The lowest BCUT2D eigenvalue weighted by Gasteiger charge is -2.23. The average Bonchev–Trinajstić information content (AvgIpc) is 2.39. The fourth-order valence-corrected chi connectivity index (χ4v) is 2.81. The van der Waals surface area contributed by atoms with Crippen molar-refractivity contribution in [3.63, 3.8) is 0 Å². The zero-order valence-electron chi connectivity index (χ0n) is 10.5. The molecule has 1 aliphatic carbocycles. The molecule has 0 bridgehead atoms. The lowest BCUT2D eigenvalue weighted by atomic mass is 9.84. The predicted octanol–water partition coefficient (Wildman–Crippen LogP) is 3.35. The van der Waals surface area contributed by atoms with Crippen molar-refractivity contribution in [2.45, 2.75) is 57.5 Å². The molecule has 1 aromatic rings. The molecule has 2 rings (SSSR count). The highest BCUT2D eigenvalue weighted by Crippen LogP contribution is 2.28. The number of nitrogens with zero attached hydrogens (tertiary/aromatic N) is 1. The normalized spacial score (nSPS) is 19.1. The molecule has 1 fully saturated rings. The Labute approximate surface area is 104 Å². The number of aryl methyl sites for hydroxylation is 1. The fraction of sp³-hybridized carbons (Fsp3) is 0.667. The van der Waals surface area contributed by atoms with Gasteiger partial charge in [0.15, 0.2) is 0 Å². The minimum atomic E-state index is -0.119. The first-order valence-electron chi connectivity index (χ1n) is 6.91. The molecule has 0 aliphatic heterocycles. The van der Waals surface area contributed by atoms with E-state index in [-0.39, 0.29) is 6.10 Å². The maximum atomic E-state index is 10.0. The fourth-order valence-electron chi connectivity index (χ4n) is 2.81. The summed E-state index contributed by atoms with van der Waals surface area (Å²) in [5.74, 6) is 0.774. The van der Waals surface area contributed by atoms with Crippen molar-refractivity contribution in [2.24, 2.45) is 5.92 Å². The summed E-state index contributed by atoms with van der Waals surface area (Å²) in [6, 6.07) is 4.07. The molecule has 0 amide bonds. The number of aliphatic hydroxyl groups is 1. The third-order valence-corrected chi connectivity index (χ3v) is 3.85. The molecule has 1 atom stereocenters. The van der Waals surface area contributed by atoms with Gasteiger partial charge in [0, 0.05) is 12.4 Å². The quantitative estimate of drug-likeness (QED) is 0.846. The van der Waals surface area contributed by atoms with E-state index >= 15 is 0 Å². The van der Waals surface area contributed by atoms with Gasteiger partial charge in [0.05, 0.1) is 6.10 Å². The number of hydrogen-bond donors (Lipinski definition) is 1. The molecule has 94 valence electrons. The maximum Gasteiger partial charge on any atom is 0.0546 e. The van der Waals surface area contributed by atoms with Crippen LogP contribution >= 0.6 is 0 Å². The van der Waals surface area contributed by atoms with Crippen LogP contribution in [0.4, 0.5) is 0 Å². The molecule has 1 heterocycles. The third kappa shape index (κ3) is 4.47. The van der Waals surface area contributed by atoms with Crippen molar-refractivity contribution in [1.29, 1.82) is 0 Å². The standard InChI is InChI=1S/C15H23NO/c17-15(12-14-4-2-1-3-5-14)7-6-13-8-10-16-11-9-13/h8-11,14-15,17H,1-7,12H2. The van der Waals surface area contributed by atoms with Crippen LogP contribution in [0, 0.1) is 5.92 Å². The molecule has 1 unspecified atom stereocenters. The van der Waals surface area contributed by atoms with Crippen molar-refractivity contribution in [3.05, 3.63) is 30.1 Å². The van der Waals surface area contributed by atoms with Crippen molar-refractivity contribution in [2.75, 3.05) is 0 Å². The van der Waals surface area contributed by atoms with Crippen LogP contribution in [0.15, 0.2) is 24.5 Å². The van der Waals surface area contributed by atoms with Crippen LogP contribution in [0.2, 0.25) is 0 Å². The number of aliphatic hydroxyl groups excluding tert-OH is 1. The SMILES string of the molecule is OC(CCc1ccncc1)CC1CCCCC1. The Morgan fingerprint density at radius 3 is 2.59 bits per heavy atom. The van der Waals surface area contributed by atoms with Gasteiger partial charge in [-0.1, -0.05) is 32.1 Å². The number of rotatable bonds is 5. The smallest absolute Gasteiger partial charge is 0.0546 e. The van der Waals surface area contributed by atoms with Crippen LogP contribution in [0.5, 0.6) is 0 Å². The van der Waals surface area contributed by atoms with E-state index in [1.807, 2.05) is 24.5 Å². The number of aromatic nitrogens is 1. The summed E-state index contributed by atoms with van der Waals surface area (Å²) in [6.45, 7) is 0. The van der Waals surface area contributed by atoms with Crippen LogP contribution in [0.25, 0.3) is 0 Å². The molecular formula is C15H23NO. The second-order valence-electron chi connectivity index (χ2n) is 5.29. The molecule has 0 aromatic carbocycles. The highest BCUT2D eigenvalue weighted by Gasteiger charge is 2.17. The summed E-state index contributed by atoms with van der Waals surface area (Å²) in [4.78, 5) is 4.00. The Bertz CT molecular complexity index is 306. The molecule has 2 heteroatoms. The van der Waals surface area contributed by atoms with Gasteiger partial charge in [0.1, 0.15) is 0 Å².